The van der Waals surface area contributed by atoms with Gasteiger partial charge in [-0.05, 0) is 31.9 Å². The van der Waals surface area contributed by atoms with E-state index < -0.39 is 0 Å². The molecule has 0 amide bonds. The summed E-state index contributed by atoms with van der Waals surface area (Å²) in [7, 11) is 0. The fourth-order valence-corrected chi connectivity index (χ4v) is 2.48. The fourth-order valence-electron chi connectivity index (χ4n) is 2.48. The zero-order valence-electron chi connectivity index (χ0n) is 11.5. The highest BCUT2D eigenvalue weighted by atomic mass is 16.6. The molecule has 110 valence electrons. The van der Waals surface area contributed by atoms with E-state index in [0.717, 1.165) is 32.4 Å². The van der Waals surface area contributed by atoms with Crippen molar-refractivity contribution in [1.82, 2.24) is 0 Å². The molecule has 1 aliphatic heterocycles. The van der Waals surface area contributed by atoms with Crippen LogP contribution in [0.2, 0.25) is 0 Å². The molecule has 1 aromatic rings. The summed E-state index contributed by atoms with van der Waals surface area (Å²) in [5.41, 5.74) is 6.32. The summed E-state index contributed by atoms with van der Waals surface area (Å²) < 4.78 is 5.74. The van der Waals surface area contributed by atoms with Gasteiger partial charge in [-0.25, -0.2) is 0 Å². The zero-order chi connectivity index (χ0) is 14.4. The van der Waals surface area contributed by atoms with E-state index in [-0.39, 0.29) is 16.7 Å². The molecule has 0 bridgehead atoms. The molecule has 2 N–H and O–H groups in total. The second-order valence-electron chi connectivity index (χ2n) is 4.95. The molecule has 2 rings (SSSR count). The molecule has 1 fully saturated rings. The number of anilines is 1. The lowest BCUT2D eigenvalue weighted by molar-refractivity contribution is -0.384. The van der Waals surface area contributed by atoms with Crippen LogP contribution in [0.1, 0.15) is 19.3 Å². The van der Waals surface area contributed by atoms with Crippen LogP contribution < -0.4 is 10.6 Å². The third kappa shape index (κ3) is 3.68. The van der Waals surface area contributed by atoms with Gasteiger partial charge in [0.05, 0.1) is 11.0 Å². The van der Waals surface area contributed by atoms with Crippen molar-refractivity contribution in [3.63, 3.8) is 0 Å². The van der Waals surface area contributed by atoms with Crippen LogP contribution in [0.3, 0.4) is 0 Å². The molecule has 6 nitrogen and oxygen atoms in total. The van der Waals surface area contributed by atoms with E-state index in [2.05, 4.69) is 4.90 Å². The minimum Gasteiger partial charge on any atom is -0.378 e. The summed E-state index contributed by atoms with van der Waals surface area (Å²) in [6, 6.07) is 6.91. The Morgan fingerprint density at radius 2 is 2.05 bits per heavy atom. The SMILES string of the molecule is NCCCOC1CCN(c2ccccc2[N+](=O)[O-])CC1. The van der Waals surface area contributed by atoms with Crippen molar-refractivity contribution in [2.45, 2.75) is 25.4 Å². The number of para-hydroxylation sites is 2. The Labute approximate surface area is 118 Å². The maximum atomic E-state index is 11.0. The monoisotopic (exact) mass is 279 g/mol. The summed E-state index contributed by atoms with van der Waals surface area (Å²) in [6.45, 7) is 2.93. The molecular weight excluding hydrogens is 258 g/mol. The van der Waals surface area contributed by atoms with E-state index >= 15 is 0 Å². The predicted molar refractivity (Wildman–Crippen MR) is 78.0 cm³/mol. The highest BCUT2D eigenvalue weighted by Crippen LogP contribution is 2.30. The maximum Gasteiger partial charge on any atom is 0.292 e. The van der Waals surface area contributed by atoms with Crippen molar-refractivity contribution in [2.24, 2.45) is 5.73 Å². The van der Waals surface area contributed by atoms with Crippen molar-refractivity contribution in [1.29, 1.82) is 0 Å². The first kappa shape index (κ1) is 14.7. The molecule has 6 heteroatoms. The van der Waals surface area contributed by atoms with Gasteiger partial charge in [0.15, 0.2) is 0 Å². The number of hydrogen-bond acceptors (Lipinski definition) is 5. The van der Waals surface area contributed by atoms with Gasteiger partial charge in [-0.1, -0.05) is 12.1 Å². The summed E-state index contributed by atoms with van der Waals surface area (Å²) in [5, 5.41) is 11.0. The number of hydrogen-bond donors (Lipinski definition) is 1. The summed E-state index contributed by atoms with van der Waals surface area (Å²) in [5.74, 6) is 0. The first-order chi connectivity index (χ1) is 9.72. The Balaban J connectivity index is 1.92. The average molecular weight is 279 g/mol. The van der Waals surface area contributed by atoms with E-state index in [4.69, 9.17) is 10.5 Å². The van der Waals surface area contributed by atoms with Crippen LogP contribution in [0.25, 0.3) is 0 Å². The van der Waals surface area contributed by atoms with Crippen LogP contribution >= 0.6 is 0 Å². The highest BCUT2D eigenvalue weighted by molar-refractivity contribution is 5.63. The predicted octanol–water partition coefficient (Wildman–Crippen LogP) is 1.93. The Bertz CT molecular complexity index is 445. The summed E-state index contributed by atoms with van der Waals surface area (Å²) in [4.78, 5) is 12.8. The standard InChI is InChI=1S/C14H21N3O3/c15-8-3-11-20-12-6-9-16(10-7-12)13-4-1-2-5-14(13)17(18)19/h1-2,4-5,12H,3,6-11,15H2. The number of benzene rings is 1. The summed E-state index contributed by atoms with van der Waals surface area (Å²) in [6.07, 6.45) is 2.93. The van der Waals surface area contributed by atoms with Gasteiger partial charge in [-0.3, -0.25) is 10.1 Å². The molecule has 0 aliphatic carbocycles. The van der Waals surface area contributed by atoms with Crippen molar-refractivity contribution in [2.75, 3.05) is 31.1 Å². The van der Waals surface area contributed by atoms with Crippen LogP contribution in [-0.2, 0) is 4.74 Å². The Hall–Kier alpha value is -1.66. The Kier molecular flexibility index (Phi) is 5.31. The average Bonchev–Trinajstić information content (AvgIpc) is 2.48. The van der Waals surface area contributed by atoms with Gasteiger partial charge in [-0.2, -0.15) is 0 Å². The van der Waals surface area contributed by atoms with Crippen LogP contribution in [0.4, 0.5) is 11.4 Å². The Morgan fingerprint density at radius 1 is 1.35 bits per heavy atom. The minimum atomic E-state index is -0.320. The molecule has 0 unspecified atom stereocenters. The van der Waals surface area contributed by atoms with Gasteiger partial charge in [0, 0.05) is 25.8 Å². The summed E-state index contributed by atoms with van der Waals surface area (Å²) >= 11 is 0. The van der Waals surface area contributed by atoms with Gasteiger partial charge < -0.3 is 15.4 Å². The lowest BCUT2D eigenvalue weighted by Crippen LogP contribution is -2.37. The van der Waals surface area contributed by atoms with Gasteiger partial charge in [0.25, 0.3) is 5.69 Å². The fraction of sp³-hybridized carbons (Fsp3) is 0.571. The van der Waals surface area contributed by atoms with Gasteiger partial charge in [-0.15, -0.1) is 0 Å². The van der Waals surface area contributed by atoms with E-state index in [0.29, 0.717) is 18.8 Å². The topological polar surface area (TPSA) is 81.6 Å². The number of nitro groups is 1. The van der Waals surface area contributed by atoms with Crippen LogP contribution in [0.15, 0.2) is 24.3 Å². The van der Waals surface area contributed by atoms with E-state index in [1.54, 1.807) is 12.1 Å². The third-order valence-corrected chi connectivity index (χ3v) is 3.56. The highest BCUT2D eigenvalue weighted by Gasteiger charge is 2.24. The molecule has 0 radical (unpaired) electrons. The largest absolute Gasteiger partial charge is 0.378 e. The number of ether oxygens (including phenoxy) is 1. The first-order valence-electron chi connectivity index (χ1n) is 7.02. The zero-order valence-corrected chi connectivity index (χ0v) is 11.5. The molecule has 0 aromatic heterocycles. The van der Waals surface area contributed by atoms with Crippen molar-refractivity contribution in [3.8, 4) is 0 Å². The molecule has 20 heavy (non-hydrogen) atoms. The molecule has 0 spiro atoms. The number of nitrogens with zero attached hydrogens (tertiary/aromatic N) is 2. The lowest BCUT2D eigenvalue weighted by atomic mass is 10.1. The third-order valence-electron chi connectivity index (χ3n) is 3.56. The van der Waals surface area contributed by atoms with E-state index in [1.807, 2.05) is 12.1 Å². The first-order valence-corrected chi connectivity index (χ1v) is 7.02. The molecule has 0 atom stereocenters. The van der Waals surface area contributed by atoms with E-state index in [1.165, 1.54) is 0 Å². The van der Waals surface area contributed by atoms with Crippen LogP contribution in [0.5, 0.6) is 0 Å². The lowest BCUT2D eigenvalue weighted by Gasteiger charge is -2.33. The molecule has 1 heterocycles. The van der Waals surface area contributed by atoms with E-state index in [9.17, 15) is 10.1 Å². The number of rotatable bonds is 6. The van der Waals surface area contributed by atoms with Gasteiger partial charge in [0.1, 0.15) is 5.69 Å². The van der Waals surface area contributed by atoms with Crippen molar-refractivity contribution < 1.29 is 9.66 Å². The molecule has 0 saturated carbocycles. The normalized spacial score (nSPS) is 16.4. The maximum absolute atomic E-state index is 11.0. The quantitative estimate of drug-likeness (QED) is 0.489. The number of nitro benzene ring substituents is 1. The second kappa shape index (κ2) is 7.21. The molecule has 1 aromatic carbocycles. The minimum absolute atomic E-state index is 0.176. The second-order valence-corrected chi connectivity index (χ2v) is 4.95. The van der Waals surface area contributed by atoms with Gasteiger partial charge in [0.2, 0.25) is 0 Å². The smallest absolute Gasteiger partial charge is 0.292 e. The van der Waals surface area contributed by atoms with Gasteiger partial charge >= 0.3 is 0 Å². The number of nitrogens with two attached hydrogens (primary N) is 1. The van der Waals surface area contributed by atoms with Crippen molar-refractivity contribution >= 4 is 11.4 Å². The number of piperidine rings is 1. The molecular formula is C14H21N3O3. The van der Waals surface area contributed by atoms with Crippen LogP contribution in [0, 0.1) is 10.1 Å². The van der Waals surface area contributed by atoms with Crippen molar-refractivity contribution in [3.05, 3.63) is 34.4 Å². The van der Waals surface area contributed by atoms with Crippen LogP contribution in [-0.4, -0.2) is 37.3 Å². The molecule has 1 aliphatic rings. The Morgan fingerprint density at radius 3 is 2.70 bits per heavy atom. The molecule has 1 saturated heterocycles.